The van der Waals surface area contributed by atoms with Crippen molar-refractivity contribution in [2.24, 2.45) is 23.1 Å². The minimum atomic E-state index is -1.93. The van der Waals surface area contributed by atoms with Gasteiger partial charge in [0.25, 0.3) is 0 Å². The van der Waals surface area contributed by atoms with Gasteiger partial charge in [0.15, 0.2) is 0 Å². The van der Waals surface area contributed by atoms with Crippen molar-refractivity contribution in [1.29, 1.82) is 0 Å². The van der Waals surface area contributed by atoms with Crippen LogP contribution in [0.2, 0.25) is 0 Å². The van der Waals surface area contributed by atoms with E-state index in [0.29, 0.717) is 30.4 Å². The molecule has 2 aromatic rings. The van der Waals surface area contributed by atoms with E-state index in [9.17, 15) is 97.8 Å². The standard InChI is InChI=1S/C60H91N13O21/c1-33(2)25-41(70-59(92)44(29-51(83)84)73-54(87)37(17-10-12-24-64-30-45(75)46(76)32-74)67-52(85)36(62)26-34-13-5-3-6-14-34)53(86)65-31-48(78)66-38(19-21-49(79)80)55(88)68-39(20-22-50(81)82)56(89)72-43(28-47(63)77)58(91)71-42(27-35-15-7-4-8-16-35)57(90)69-40(60(93)94)18-9-11-23-61/h3-8,13-16,33,36-46,64,74-76H,9-12,17-32,61-62H2,1-2H3,(H2,63,77)(H,65,86)(H,66,78)(H,67,85)(H,68,88)(H,69,90)(H,70,92)(H,71,91)(H,72,89)(H,73,87)(H,79,80)(H,81,82)(H,83,84)(H,93,94)/t36-,37-,38-,39-,40-,41-,42-,43-,44-,45?,46?/m0/s1. The van der Waals surface area contributed by atoms with Crippen LogP contribution >= 0.6 is 0 Å². The van der Waals surface area contributed by atoms with Crippen LogP contribution in [0, 0.1) is 5.92 Å². The topological polar surface area (TPSA) is 579 Å². The molecule has 11 atom stereocenters. The Morgan fingerprint density at radius 2 is 0.904 bits per heavy atom. The molecule has 0 aliphatic carbocycles. The highest BCUT2D eigenvalue weighted by atomic mass is 16.4. The van der Waals surface area contributed by atoms with Crippen LogP contribution in [0.15, 0.2) is 60.7 Å². The van der Waals surface area contributed by atoms with E-state index in [0.717, 1.165) is 0 Å². The molecule has 94 heavy (non-hydrogen) atoms. The van der Waals surface area contributed by atoms with E-state index >= 15 is 0 Å². The molecule has 2 unspecified atom stereocenters. The first-order valence-corrected chi connectivity index (χ1v) is 30.5. The predicted octanol–water partition coefficient (Wildman–Crippen LogP) is -5.39. The van der Waals surface area contributed by atoms with Crippen LogP contribution in [-0.2, 0) is 80.0 Å². The second-order valence-electron chi connectivity index (χ2n) is 22.7. The fraction of sp³-hybridized carbons (Fsp3) is 0.567. The van der Waals surface area contributed by atoms with Crippen LogP contribution in [-0.4, -0.2) is 218 Å². The fourth-order valence-electron chi connectivity index (χ4n) is 9.16. The lowest BCUT2D eigenvalue weighted by Gasteiger charge is -2.27. The summed E-state index contributed by atoms with van der Waals surface area (Å²) >= 11 is 0. The first-order valence-electron chi connectivity index (χ1n) is 30.5. The van der Waals surface area contributed by atoms with Gasteiger partial charge in [-0.2, -0.15) is 0 Å². The maximum absolute atomic E-state index is 14.0. The Morgan fingerprint density at radius 1 is 0.468 bits per heavy atom. The van der Waals surface area contributed by atoms with Gasteiger partial charge < -0.3 is 106 Å². The molecule has 0 aliphatic rings. The summed E-state index contributed by atoms with van der Waals surface area (Å²) in [7, 11) is 0. The number of carboxylic acid groups (broad SMARTS) is 4. The second kappa shape index (κ2) is 43.6. The zero-order valence-corrected chi connectivity index (χ0v) is 52.4. The van der Waals surface area contributed by atoms with Crippen LogP contribution in [0.3, 0.4) is 0 Å². The Kier molecular flexibility index (Phi) is 37.5. The van der Waals surface area contributed by atoms with Crippen LogP contribution in [0.1, 0.15) is 108 Å². The predicted molar refractivity (Wildman–Crippen MR) is 332 cm³/mol. The molecule has 0 aliphatic heterocycles. The van der Waals surface area contributed by atoms with Crippen molar-refractivity contribution in [3.8, 4) is 0 Å². The number of unbranched alkanes of at least 4 members (excludes halogenated alkanes) is 2. The SMILES string of the molecule is CC(C)C[C@H](NC(=O)[C@H](CC(=O)O)NC(=O)[C@H](CCCCNCC(O)C(O)CO)NC(=O)[C@@H](N)Cc1ccccc1)C(=O)NCC(=O)N[C@@H](CCC(=O)O)C(=O)N[C@@H](CCC(=O)O)C(=O)N[C@@H](CC(N)=O)C(=O)N[C@@H](Cc1ccccc1)C(=O)N[C@@H](CCCCN)C(=O)O. The van der Waals surface area contributed by atoms with E-state index < -0.39 is 201 Å². The highest BCUT2D eigenvalue weighted by Gasteiger charge is 2.36. The third-order valence-electron chi connectivity index (χ3n) is 14.2. The number of carboxylic acids is 4. The number of amides is 10. The van der Waals surface area contributed by atoms with Gasteiger partial charge in [-0.25, -0.2) is 4.79 Å². The minimum Gasteiger partial charge on any atom is -0.481 e. The average molecular weight is 1330 g/mol. The summed E-state index contributed by atoms with van der Waals surface area (Å²) in [5.74, 6) is -17.5. The largest absolute Gasteiger partial charge is 0.481 e. The number of aliphatic hydroxyl groups excluding tert-OH is 3. The lowest BCUT2D eigenvalue weighted by atomic mass is 10.0. The number of rotatable bonds is 48. The van der Waals surface area contributed by atoms with Gasteiger partial charge in [-0.1, -0.05) is 74.5 Å². The van der Waals surface area contributed by atoms with Gasteiger partial charge in [0, 0.05) is 25.8 Å². The Hall–Kier alpha value is -9.22. The number of carbonyl (C=O) groups is 14. The van der Waals surface area contributed by atoms with E-state index in [4.69, 9.17) is 22.3 Å². The molecule has 0 aromatic heterocycles. The van der Waals surface area contributed by atoms with Crippen LogP contribution in [0.5, 0.6) is 0 Å². The van der Waals surface area contributed by atoms with Crippen molar-refractivity contribution in [2.45, 2.75) is 177 Å². The van der Waals surface area contributed by atoms with E-state index in [1.54, 1.807) is 74.5 Å². The number of carbonyl (C=O) groups excluding carboxylic acids is 10. The summed E-state index contributed by atoms with van der Waals surface area (Å²) in [4.78, 5) is 184. The fourth-order valence-corrected chi connectivity index (χ4v) is 9.16. The Balaban J connectivity index is 2.35. The number of nitrogens with two attached hydrogens (primary N) is 3. The molecule has 34 nitrogen and oxygen atoms in total. The molecule has 2 rings (SSSR count). The molecule has 0 bridgehead atoms. The number of aliphatic carboxylic acids is 4. The summed E-state index contributed by atoms with van der Waals surface area (Å²) in [6.45, 7) is 2.00. The Labute approximate surface area is 541 Å². The monoisotopic (exact) mass is 1330 g/mol. The summed E-state index contributed by atoms with van der Waals surface area (Å²) < 4.78 is 0. The molecule has 522 valence electrons. The number of hydrogen-bond donors (Lipinski definition) is 20. The summed E-state index contributed by atoms with van der Waals surface area (Å²) in [6.07, 6.45) is -6.86. The molecule has 0 heterocycles. The number of aliphatic hydroxyl groups is 3. The first kappa shape index (κ1) is 80.9. The quantitative estimate of drug-likeness (QED) is 0.0275. The van der Waals surface area contributed by atoms with Crippen LogP contribution < -0.4 is 70.4 Å². The third kappa shape index (κ3) is 32.9. The molecule has 10 amide bonds. The van der Waals surface area contributed by atoms with Crippen LogP contribution in [0.25, 0.3) is 0 Å². The zero-order chi connectivity index (χ0) is 70.5. The van der Waals surface area contributed by atoms with Crippen molar-refractivity contribution in [3.63, 3.8) is 0 Å². The van der Waals surface area contributed by atoms with Gasteiger partial charge in [0.2, 0.25) is 59.1 Å². The Morgan fingerprint density at radius 3 is 1.40 bits per heavy atom. The minimum absolute atomic E-state index is 0.0305. The van der Waals surface area contributed by atoms with Gasteiger partial charge in [-0.3, -0.25) is 62.3 Å². The van der Waals surface area contributed by atoms with Crippen molar-refractivity contribution in [3.05, 3.63) is 71.8 Å². The van der Waals surface area contributed by atoms with Gasteiger partial charge in [-0.15, -0.1) is 0 Å². The van der Waals surface area contributed by atoms with E-state index in [2.05, 4.69) is 53.2 Å². The van der Waals surface area contributed by atoms with Gasteiger partial charge in [-0.05, 0) is 94.3 Å². The van der Waals surface area contributed by atoms with Crippen molar-refractivity contribution in [2.75, 3.05) is 32.8 Å². The number of nitrogens with one attached hydrogen (secondary N) is 10. The summed E-state index contributed by atoms with van der Waals surface area (Å²) in [5.41, 5.74) is 18.3. The van der Waals surface area contributed by atoms with Gasteiger partial charge in [0.05, 0.1) is 38.1 Å². The molecule has 0 saturated heterocycles. The van der Waals surface area contributed by atoms with E-state index in [1.807, 2.05) is 0 Å². The molecule has 0 radical (unpaired) electrons. The number of hydrogen-bond acceptors (Lipinski definition) is 20. The van der Waals surface area contributed by atoms with Gasteiger partial charge >= 0.3 is 23.9 Å². The van der Waals surface area contributed by atoms with E-state index in [-0.39, 0.29) is 64.1 Å². The maximum atomic E-state index is 14.0. The lowest BCUT2D eigenvalue weighted by molar-refractivity contribution is -0.143. The van der Waals surface area contributed by atoms with Crippen molar-refractivity contribution in [1.82, 2.24) is 53.2 Å². The molecule has 2 aromatic carbocycles. The average Bonchev–Trinajstić information content (AvgIpc) is 0.932. The molecule has 0 spiro atoms. The normalized spacial score (nSPS) is 14.6. The van der Waals surface area contributed by atoms with Crippen molar-refractivity contribution < 1.29 is 103 Å². The number of benzene rings is 2. The summed E-state index contributed by atoms with van der Waals surface area (Å²) in [5, 5.41) is 91.3. The molecular weight excluding hydrogens is 1240 g/mol. The Bertz CT molecular complexity index is 2840. The molecular formula is C60H91N13O21. The summed E-state index contributed by atoms with van der Waals surface area (Å²) in [6, 6.07) is 2.09. The molecule has 23 N–H and O–H groups in total. The van der Waals surface area contributed by atoms with Crippen molar-refractivity contribution >= 4 is 82.9 Å². The highest BCUT2D eigenvalue weighted by molar-refractivity contribution is 5.99. The second-order valence-corrected chi connectivity index (χ2v) is 22.7. The maximum Gasteiger partial charge on any atom is 0.326 e. The van der Waals surface area contributed by atoms with Crippen LogP contribution in [0.4, 0.5) is 0 Å². The first-order chi connectivity index (χ1) is 44.4. The third-order valence-corrected chi connectivity index (χ3v) is 14.2. The zero-order valence-electron chi connectivity index (χ0n) is 52.4. The lowest BCUT2D eigenvalue weighted by Crippen LogP contribution is -2.60. The van der Waals surface area contributed by atoms with Gasteiger partial charge in [0.1, 0.15) is 54.4 Å². The molecule has 34 heteroatoms. The molecule has 0 fully saturated rings. The highest BCUT2D eigenvalue weighted by Crippen LogP contribution is 2.12. The number of primary amides is 1. The molecule has 0 saturated carbocycles. The smallest absolute Gasteiger partial charge is 0.326 e. The van der Waals surface area contributed by atoms with E-state index in [1.165, 1.54) is 0 Å².